The smallest absolute Gasteiger partial charge is 0.194 e. The number of aliphatic imine (C=N–C) groups is 1. The monoisotopic (exact) mass is 498 g/mol. The molecule has 3 rings (SSSR count). The van der Waals surface area contributed by atoms with Gasteiger partial charge >= 0.3 is 0 Å². The Labute approximate surface area is 183 Å². The summed E-state index contributed by atoms with van der Waals surface area (Å²) in [5.74, 6) is 0.626. The average Bonchev–Trinajstić information content (AvgIpc) is 2.66. The van der Waals surface area contributed by atoms with Crippen LogP contribution in [0.4, 0.5) is 4.39 Å². The van der Waals surface area contributed by atoms with E-state index in [-0.39, 0.29) is 42.0 Å². The summed E-state index contributed by atoms with van der Waals surface area (Å²) >= 11 is 0. The van der Waals surface area contributed by atoms with Crippen LogP contribution in [0.15, 0.2) is 47.6 Å². The first-order valence-corrected chi connectivity index (χ1v) is 9.41. The Bertz CT molecular complexity index is 767. The summed E-state index contributed by atoms with van der Waals surface area (Å²) in [4.78, 5) is 11.3. The molecule has 1 saturated heterocycles. The zero-order valence-electron chi connectivity index (χ0n) is 16.6. The van der Waals surface area contributed by atoms with Crippen molar-refractivity contribution in [1.29, 1.82) is 0 Å². The highest BCUT2D eigenvalue weighted by Crippen LogP contribution is 2.25. The maximum atomic E-state index is 13.2. The Morgan fingerprint density at radius 2 is 2.00 bits per heavy atom. The molecule has 1 fully saturated rings. The molecule has 0 amide bonds. The molecule has 0 aliphatic carbocycles. The third-order valence-corrected chi connectivity index (χ3v) is 4.52. The molecule has 1 aromatic heterocycles. The fourth-order valence-electron chi connectivity index (χ4n) is 3.17. The Morgan fingerprint density at radius 3 is 2.64 bits per heavy atom. The summed E-state index contributed by atoms with van der Waals surface area (Å²) in [6.45, 7) is 8.88. The van der Waals surface area contributed by atoms with Crippen LogP contribution in [-0.4, -0.2) is 41.6 Å². The van der Waals surface area contributed by atoms with Gasteiger partial charge < -0.3 is 15.0 Å². The lowest BCUT2D eigenvalue weighted by Gasteiger charge is -2.38. The number of hydrogen-bond acceptors (Lipinski definition) is 3. The lowest BCUT2D eigenvalue weighted by molar-refractivity contribution is -0.0605. The number of benzene rings is 1. The number of rotatable bonds is 4. The summed E-state index contributed by atoms with van der Waals surface area (Å²) in [6, 6.07) is 10.6. The molecule has 1 aliphatic rings. The van der Waals surface area contributed by atoms with Gasteiger partial charge in [0.25, 0.3) is 0 Å². The van der Waals surface area contributed by atoms with Gasteiger partial charge in [-0.1, -0.05) is 18.2 Å². The van der Waals surface area contributed by atoms with Crippen molar-refractivity contribution in [2.24, 2.45) is 4.99 Å². The van der Waals surface area contributed by atoms with Crippen molar-refractivity contribution in [2.45, 2.75) is 39.5 Å². The molecule has 7 heteroatoms. The van der Waals surface area contributed by atoms with Gasteiger partial charge in [0, 0.05) is 25.0 Å². The van der Waals surface area contributed by atoms with Gasteiger partial charge in [0.05, 0.1) is 19.2 Å². The molecular formula is C21H28FIN4O. The van der Waals surface area contributed by atoms with Gasteiger partial charge in [-0.05, 0) is 50.1 Å². The maximum Gasteiger partial charge on any atom is 0.194 e. The van der Waals surface area contributed by atoms with Crippen molar-refractivity contribution in [3.05, 3.63) is 65.2 Å². The largest absolute Gasteiger partial charge is 0.367 e. The number of morpholine rings is 1. The molecule has 1 N–H and O–H groups in total. The van der Waals surface area contributed by atoms with Crippen LogP contribution in [0, 0.1) is 12.7 Å². The summed E-state index contributed by atoms with van der Waals surface area (Å²) in [6.07, 6.45) is 1.81. The number of nitrogens with zero attached hydrogens (tertiary/aromatic N) is 3. The fraction of sp³-hybridized carbons (Fsp3) is 0.429. The fourth-order valence-corrected chi connectivity index (χ4v) is 3.17. The van der Waals surface area contributed by atoms with Crippen molar-refractivity contribution in [1.82, 2.24) is 15.2 Å². The Morgan fingerprint density at radius 1 is 1.25 bits per heavy atom. The van der Waals surface area contributed by atoms with Crippen LogP contribution in [-0.2, 0) is 11.3 Å². The van der Waals surface area contributed by atoms with Crippen LogP contribution in [0.1, 0.15) is 36.8 Å². The molecule has 28 heavy (non-hydrogen) atoms. The van der Waals surface area contributed by atoms with Gasteiger partial charge in [-0.25, -0.2) is 9.38 Å². The van der Waals surface area contributed by atoms with Crippen LogP contribution < -0.4 is 5.32 Å². The molecule has 5 nitrogen and oxygen atoms in total. The van der Waals surface area contributed by atoms with E-state index in [0.717, 1.165) is 35.9 Å². The molecule has 0 bridgehead atoms. The highest BCUT2D eigenvalue weighted by Gasteiger charge is 2.28. The number of halogens is 2. The molecule has 0 saturated carbocycles. The van der Waals surface area contributed by atoms with E-state index in [0.29, 0.717) is 13.1 Å². The predicted molar refractivity (Wildman–Crippen MR) is 120 cm³/mol. The molecule has 2 aromatic rings. The molecule has 2 atom stereocenters. The van der Waals surface area contributed by atoms with Crippen LogP contribution in [0.25, 0.3) is 0 Å². The Balaban J connectivity index is 0.00000280. The van der Waals surface area contributed by atoms with E-state index in [9.17, 15) is 4.39 Å². The average molecular weight is 498 g/mol. The minimum absolute atomic E-state index is 0. The quantitative estimate of drug-likeness (QED) is 0.392. The maximum absolute atomic E-state index is 13.2. The van der Waals surface area contributed by atoms with Gasteiger partial charge in [0.15, 0.2) is 5.96 Å². The van der Waals surface area contributed by atoms with E-state index in [1.807, 2.05) is 19.2 Å². The van der Waals surface area contributed by atoms with Gasteiger partial charge in [-0.15, -0.1) is 24.0 Å². The van der Waals surface area contributed by atoms with Crippen molar-refractivity contribution >= 4 is 29.9 Å². The molecule has 2 unspecified atom stereocenters. The van der Waals surface area contributed by atoms with E-state index in [1.165, 1.54) is 12.1 Å². The van der Waals surface area contributed by atoms with E-state index >= 15 is 0 Å². The number of aromatic nitrogens is 1. The van der Waals surface area contributed by atoms with Crippen LogP contribution in [0.2, 0.25) is 0 Å². The van der Waals surface area contributed by atoms with Gasteiger partial charge in [0.2, 0.25) is 0 Å². The lowest BCUT2D eigenvalue weighted by atomic mass is 10.1. The molecule has 0 radical (unpaired) electrons. The van der Waals surface area contributed by atoms with E-state index in [1.54, 1.807) is 12.1 Å². The Hall–Kier alpha value is -1.74. The molecule has 1 aliphatic heterocycles. The first-order valence-electron chi connectivity index (χ1n) is 9.41. The van der Waals surface area contributed by atoms with Crippen molar-refractivity contribution < 1.29 is 9.13 Å². The number of nitrogens with one attached hydrogen (secondary N) is 1. The van der Waals surface area contributed by atoms with Crippen molar-refractivity contribution in [3.8, 4) is 0 Å². The van der Waals surface area contributed by atoms with Crippen molar-refractivity contribution in [3.63, 3.8) is 0 Å². The summed E-state index contributed by atoms with van der Waals surface area (Å²) in [7, 11) is 0. The number of hydrogen-bond donors (Lipinski definition) is 1. The van der Waals surface area contributed by atoms with E-state index in [4.69, 9.17) is 9.73 Å². The second-order valence-corrected chi connectivity index (χ2v) is 6.87. The standard InChI is InChI=1S/C21H27FN4O.HI/c1-4-23-21(25-12-17-6-5-15(2)24-11-17)26-13-16(3)27-20(14-26)18-7-9-19(22)10-8-18;/h5-11,16,20H,4,12-14H2,1-3H3,(H,23,25);1H. The minimum atomic E-state index is -0.235. The summed E-state index contributed by atoms with van der Waals surface area (Å²) < 4.78 is 19.3. The molecular weight excluding hydrogens is 470 g/mol. The SMILES string of the molecule is CCNC(=NCc1ccc(C)nc1)N1CC(C)OC(c2ccc(F)cc2)C1.I. The van der Waals surface area contributed by atoms with Crippen LogP contribution in [0.5, 0.6) is 0 Å². The molecule has 152 valence electrons. The first kappa shape index (κ1) is 22.5. The highest BCUT2D eigenvalue weighted by atomic mass is 127. The predicted octanol–water partition coefficient (Wildman–Crippen LogP) is 4.07. The second-order valence-electron chi connectivity index (χ2n) is 6.87. The second kappa shape index (κ2) is 10.7. The van der Waals surface area contributed by atoms with Gasteiger partial charge in [-0.2, -0.15) is 0 Å². The Kier molecular flexibility index (Phi) is 8.62. The van der Waals surface area contributed by atoms with Crippen LogP contribution in [0.3, 0.4) is 0 Å². The number of ether oxygens (including phenoxy) is 1. The molecule has 2 heterocycles. The van der Waals surface area contributed by atoms with E-state index < -0.39 is 0 Å². The number of aryl methyl sites for hydroxylation is 1. The summed E-state index contributed by atoms with van der Waals surface area (Å²) in [5, 5.41) is 3.38. The van der Waals surface area contributed by atoms with Crippen molar-refractivity contribution in [2.75, 3.05) is 19.6 Å². The number of guanidine groups is 1. The normalized spacial score (nSPS) is 19.9. The zero-order valence-corrected chi connectivity index (χ0v) is 18.9. The minimum Gasteiger partial charge on any atom is -0.367 e. The topological polar surface area (TPSA) is 49.8 Å². The first-order chi connectivity index (χ1) is 13.0. The third kappa shape index (κ3) is 6.13. The summed E-state index contributed by atoms with van der Waals surface area (Å²) in [5.41, 5.74) is 3.05. The molecule has 0 spiro atoms. The lowest BCUT2D eigenvalue weighted by Crippen LogP contribution is -2.50. The molecule has 1 aromatic carbocycles. The zero-order chi connectivity index (χ0) is 19.2. The third-order valence-electron chi connectivity index (χ3n) is 4.52. The number of pyridine rings is 1. The van der Waals surface area contributed by atoms with Gasteiger partial charge in [-0.3, -0.25) is 4.98 Å². The van der Waals surface area contributed by atoms with Gasteiger partial charge in [0.1, 0.15) is 11.9 Å². The van der Waals surface area contributed by atoms with E-state index in [2.05, 4.69) is 35.1 Å². The highest BCUT2D eigenvalue weighted by molar-refractivity contribution is 14.0. The van der Waals surface area contributed by atoms with Crippen LogP contribution >= 0.6 is 24.0 Å².